The van der Waals surface area contributed by atoms with E-state index in [4.69, 9.17) is 9.84 Å². The molecular weight excluding hydrogens is 436 g/mol. The lowest BCUT2D eigenvalue weighted by molar-refractivity contribution is -0.137. The number of carbonyl (C=O) groups is 3. The van der Waals surface area contributed by atoms with Crippen LogP contribution in [0, 0.1) is 0 Å². The van der Waals surface area contributed by atoms with E-state index >= 15 is 0 Å². The maximum Gasteiger partial charge on any atom is 0.407 e. The molecule has 2 aromatic carbocycles. The number of imidazole rings is 1. The number of fused-ring (bicyclic) bond motifs is 3. The molecule has 0 spiro atoms. The first-order chi connectivity index (χ1) is 16.4. The molecule has 1 aliphatic rings. The van der Waals surface area contributed by atoms with Crippen molar-refractivity contribution in [2.45, 2.75) is 37.8 Å². The van der Waals surface area contributed by atoms with E-state index in [0.717, 1.165) is 22.3 Å². The molecule has 4 N–H and O–H groups in total. The minimum absolute atomic E-state index is 0.103. The van der Waals surface area contributed by atoms with Gasteiger partial charge in [0.1, 0.15) is 12.6 Å². The minimum atomic E-state index is -1.03. The van der Waals surface area contributed by atoms with Crippen molar-refractivity contribution in [3.05, 3.63) is 77.9 Å². The minimum Gasteiger partial charge on any atom is -0.481 e. The molecule has 176 valence electrons. The number of rotatable bonds is 9. The Hall–Kier alpha value is -4.14. The van der Waals surface area contributed by atoms with E-state index in [9.17, 15) is 14.4 Å². The zero-order valence-electron chi connectivity index (χ0n) is 18.7. The molecule has 1 unspecified atom stereocenters. The summed E-state index contributed by atoms with van der Waals surface area (Å²) in [7, 11) is 0. The molecule has 0 aliphatic heterocycles. The monoisotopic (exact) mass is 462 g/mol. The first-order valence-corrected chi connectivity index (χ1v) is 11.0. The van der Waals surface area contributed by atoms with E-state index in [1.165, 1.54) is 6.33 Å². The fourth-order valence-electron chi connectivity index (χ4n) is 4.26. The zero-order valence-corrected chi connectivity index (χ0v) is 18.7. The Morgan fingerprint density at radius 1 is 1.06 bits per heavy atom. The SMILES string of the molecule is C[C@H](CC(=O)O)NC(=O)C(Cc1cnc[nH]1)NC(=O)OCC1c2ccccc2-c2ccccc21. The number of nitrogens with one attached hydrogen (secondary N) is 3. The summed E-state index contributed by atoms with van der Waals surface area (Å²) in [4.78, 5) is 43.2. The summed E-state index contributed by atoms with van der Waals surface area (Å²) in [5.74, 6) is -1.63. The van der Waals surface area contributed by atoms with Crippen molar-refractivity contribution in [1.29, 1.82) is 0 Å². The Labute approximate surface area is 196 Å². The van der Waals surface area contributed by atoms with Crippen molar-refractivity contribution in [3.63, 3.8) is 0 Å². The number of benzene rings is 2. The number of alkyl carbamates (subject to hydrolysis) is 1. The summed E-state index contributed by atoms with van der Waals surface area (Å²) in [6.45, 7) is 1.71. The number of H-pyrrole nitrogens is 1. The summed E-state index contributed by atoms with van der Waals surface area (Å²) < 4.78 is 5.56. The van der Waals surface area contributed by atoms with E-state index in [1.54, 1.807) is 13.1 Å². The van der Waals surface area contributed by atoms with Crippen molar-refractivity contribution in [3.8, 4) is 11.1 Å². The summed E-state index contributed by atoms with van der Waals surface area (Å²) >= 11 is 0. The molecule has 9 nitrogen and oxygen atoms in total. The highest BCUT2D eigenvalue weighted by atomic mass is 16.5. The van der Waals surface area contributed by atoms with Gasteiger partial charge in [-0.3, -0.25) is 9.59 Å². The number of aromatic amines is 1. The van der Waals surface area contributed by atoms with E-state index in [1.807, 2.05) is 36.4 Å². The van der Waals surface area contributed by atoms with Gasteiger partial charge in [-0.1, -0.05) is 48.5 Å². The van der Waals surface area contributed by atoms with Gasteiger partial charge >= 0.3 is 12.1 Å². The van der Waals surface area contributed by atoms with E-state index < -0.39 is 30.1 Å². The van der Waals surface area contributed by atoms with Gasteiger partial charge in [-0.25, -0.2) is 9.78 Å². The number of carboxylic acids is 1. The number of hydrogen-bond donors (Lipinski definition) is 4. The second-order valence-corrected chi connectivity index (χ2v) is 8.31. The van der Waals surface area contributed by atoms with Crippen LogP contribution in [0.25, 0.3) is 11.1 Å². The van der Waals surface area contributed by atoms with Crippen LogP contribution in [0.3, 0.4) is 0 Å². The first-order valence-electron chi connectivity index (χ1n) is 11.0. The fraction of sp³-hybridized carbons (Fsp3) is 0.280. The van der Waals surface area contributed by atoms with Crippen molar-refractivity contribution in [2.75, 3.05) is 6.61 Å². The Kier molecular flexibility index (Phi) is 6.91. The van der Waals surface area contributed by atoms with Crippen molar-refractivity contribution in [2.24, 2.45) is 0 Å². The number of hydrogen-bond acceptors (Lipinski definition) is 5. The quantitative estimate of drug-likeness (QED) is 0.386. The van der Waals surface area contributed by atoms with Crippen LogP contribution in [-0.2, 0) is 20.7 Å². The Balaban J connectivity index is 1.43. The van der Waals surface area contributed by atoms with Crippen LogP contribution < -0.4 is 10.6 Å². The van der Waals surface area contributed by atoms with Crippen LogP contribution in [0.2, 0.25) is 0 Å². The van der Waals surface area contributed by atoms with Gasteiger partial charge in [-0.15, -0.1) is 0 Å². The van der Waals surface area contributed by atoms with Crippen molar-refractivity contribution in [1.82, 2.24) is 20.6 Å². The summed E-state index contributed by atoms with van der Waals surface area (Å²) in [6, 6.07) is 14.5. The number of aromatic nitrogens is 2. The van der Waals surface area contributed by atoms with Crippen LogP contribution in [0.5, 0.6) is 0 Å². The Morgan fingerprint density at radius 2 is 1.71 bits per heavy atom. The lowest BCUT2D eigenvalue weighted by Crippen LogP contribution is -2.50. The molecule has 1 heterocycles. The average Bonchev–Trinajstić information content (AvgIpc) is 3.42. The normalized spacial score (nSPS) is 13.9. The predicted molar refractivity (Wildman–Crippen MR) is 124 cm³/mol. The molecule has 1 aromatic heterocycles. The third kappa shape index (κ3) is 5.25. The molecular formula is C25H26N4O5. The number of carboxylic acid groups (broad SMARTS) is 1. The molecule has 2 atom stereocenters. The fourth-order valence-corrected chi connectivity index (χ4v) is 4.26. The van der Waals surface area contributed by atoms with Crippen LogP contribution in [0.1, 0.15) is 36.1 Å². The molecule has 4 rings (SSSR count). The number of carbonyl (C=O) groups excluding carboxylic acids is 2. The molecule has 0 saturated heterocycles. The molecule has 2 amide bonds. The number of nitrogens with zero attached hydrogens (tertiary/aromatic N) is 1. The molecule has 9 heteroatoms. The third-order valence-electron chi connectivity index (χ3n) is 5.80. The van der Waals surface area contributed by atoms with Crippen molar-refractivity contribution < 1.29 is 24.2 Å². The maximum atomic E-state index is 12.8. The van der Waals surface area contributed by atoms with Crippen LogP contribution in [0.15, 0.2) is 61.1 Å². The highest BCUT2D eigenvalue weighted by molar-refractivity contribution is 5.86. The third-order valence-corrected chi connectivity index (χ3v) is 5.80. The lowest BCUT2D eigenvalue weighted by Gasteiger charge is -2.21. The molecule has 0 radical (unpaired) electrons. The van der Waals surface area contributed by atoms with E-state index in [2.05, 4.69) is 32.7 Å². The lowest BCUT2D eigenvalue weighted by atomic mass is 9.98. The van der Waals surface area contributed by atoms with Gasteiger partial charge in [-0.05, 0) is 29.2 Å². The van der Waals surface area contributed by atoms with Gasteiger partial charge < -0.3 is 25.5 Å². The zero-order chi connectivity index (χ0) is 24.1. The average molecular weight is 463 g/mol. The highest BCUT2D eigenvalue weighted by Gasteiger charge is 2.30. The first kappa shape index (κ1) is 23.0. The van der Waals surface area contributed by atoms with Crippen LogP contribution in [-0.4, -0.2) is 51.7 Å². The number of ether oxygens (including phenoxy) is 1. The standard InChI is InChI=1S/C25H26N4O5/c1-15(10-23(30)31)28-24(32)22(11-16-12-26-14-27-16)29-25(33)34-13-21-19-8-4-2-6-17(19)18-7-3-5-9-20(18)21/h2-9,12,14-15,21-22H,10-11,13H2,1H3,(H,26,27)(H,28,32)(H,29,33)(H,30,31)/t15-,22?/m1/s1. The van der Waals surface area contributed by atoms with E-state index in [0.29, 0.717) is 5.69 Å². The number of amides is 2. The summed E-state index contributed by atoms with van der Waals surface area (Å²) in [5.41, 5.74) is 5.06. The molecule has 1 aliphatic carbocycles. The van der Waals surface area contributed by atoms with Crippen molar-refractivity contribution >= 4 is 18.0 Å². The molecule has 34 heavy (non-hydrogen) atoms. The number of aliphatic carboxylic acids is 1. The molecule has 0 fully saturated rings. The maximum absolute atomic E-state index is 12.8. The van der Waals surface area contributed by atoms with Gasteiger partial charge in [0.15, 0.2) is 0 Å². The second kappa shape index (κ2) is 10.2. The van der Waals surface area contributed by atoms with Crippen LogP contribution in [0.4, 0.5) is 4.79 Å². The Bertz CT molecular complexity index is 1130. The highest BCUT2D eigenvalue weighted by Crippen LogP contribution is 2.44. The predicted octanol–water partition coefficient (Wildman–Crippen LogP) is 2.84. The Morgan fingerprint density at radius 3 is 2.29 bits per heavy atom. The summed E-state index contributed by atoms with van der Waals surface area (Å²) in [6.07, 6.45) is 2.22. The smallest absolute Gasteiger partial charge is 0.407 e. The van der Waals surface area contributed by atoms with Crippen LogP contribution >= 0.6 is 0 Å². The van der Waals surface area contributed by atoms with Gasteiger partial charge in [0.25, 0.3) is 0 Å². The second-order valence-electron chi connectivity index (χ2n) is 8.31. The summed E-state index contributed by atoms with van der Waals surface area (Å²) in [5, 5.41) is 14.2. The van der Waals surface area contributed by atoms with E-state index in [-0.39, 0.29) is 25.4 Å². The van der Waals surface area contributed by atoms with Gasteiger partial charge in [-0.2, -0.15) is 0 Å². The topological polar surface area (TPSA) is 133 Å². The molecule has 0 bridgehead atoms. The largest absolute Gasteiger partial charge is 0.481 e. The molecule has 3 aromatic rings. The van der Waals surface area contributed by atoms with Gasteiger partial charge in [0.2, 0.25) is 5.91 Å². The molecule has 0 saturated carbocycles. The van der Waals surface area contributed by atoms with Gasteiger partial charge in [0.05, 0.1) is 12.7 Å². The van der Waals surface area contributed by atoms with Gasteiger partial charge in [0, 0.05) is 30.3 Å².